The van der Waals surface area contributed by atoms with Crippen molar-refractivity contribution in [2.75, 3.05) is 24.5 Å². The molecule has 26 heavy (non-hydrogen) atoms. The van der Waals surface area contributed by atoms with E-state index < -0.39 is 0 Å². The predicted molar refractivity (Wildman–Crippen MR) is 98.5 cm³/mol. The van der Waals surface area contributed by atoms with E-state index in [0.717, 1.165) is 48.1 Å². The van der Waals surface area contributed by atoms with Crippen molar-refractivity contribution in [1.82, 2.24) is 19.9 Å². The minimum Gasteiger partial charge on any atom is -0.356 e. The molecule has 136 valence electrons. The number of carbonyl (C=O) groups excluding carboxylic acids is 1. The molecule has 1 fully saturated rings. The van der Waals surface area contributed by atoms with Crippen LogP contribution in [0.15, 0.2) is 16.9 Å². The van der Waals surface area contributed by atoms with Gasteiger partial charge in [-0.15, -0.1) is 0 Å². The molecular formula is C19H23N5O2. The molecular weight excluding hydrogens is 330 g/mol. The maximum Gasteiger partial charge on any atom is 0.260 e. The van der Waals surface area contributed by atoms with Crippen LogP contribution in [0.2, 0.25) is 0 Å². The van der Waals surface area contributed by atoms with Gasteiger partial charge in [-0.3, -0.25) is 9.59 Å². The molecule has 2 aliphatic rings. The summed E-state index contributed by atoms with van der Waals surface area (Å²) in [5.41, 5.74) is 2.65. The Hall–Kier alpha value is -2.70. The monoisotopic (exact) mass is 353 g/mol. The number of hydrogen-bond donors (Lipinski definition) is 1. The number of rotatable bonds is 2. The lowest BCUT2D eigenvalue weighted by Crippen LogP contribution is -2.40. The van der Waals surface area contributed by atoms with E-state index in [1.807, 2.05) is 6.92 Å². The van der Waals surface area contributed by atoms with E-state index in [-0.39, 0.29) is 17.0 Å². The normalized spacial score (nSPS) is 16.7. The van der Waals surface area contributed by atoms with Crippen LogP contribution in [-0.4, -0.2) is 45.4 Å². The van der Waals surface area contributed by atoms with Crippen LogP contribution in [0.4, 0.5) is 5.82 Å². The molecule has 4 rings (SSSR count). The lowest BCUT2D eigenvalue weighted by Gasteiger charge is -2.31. The van der Waals surface area contributed by atoms with E-state index in [4.69, 9.17) is 0 Å². The van der Waals surface area contributed by atoms with Crippen LogP contribution in [0, 0.1) is 13.8 Å². The Morgan fingerprint density at radius 2 is 1.88 bits per heavy atom. The SMILES string of the molecule is Cc1nc2c(c(N3CCCC3)n1)CCN(C(=O)c1ccc(C)[nH]c1=O)C2. The quantitative estimate of drug-likeness (QED) is 0.886. The molecule has 0 saturated carbocycles. The van der Waals surface area contributed by atoms with Crippen molar-refractivity contribution in [2.24, 2.45) is 0 Å². The number of hydrogen-bond acceptors (Lipinski definition) is 5. The molecule has 0 spiro atoms. The minimum absolute atomic E-state index is 0.185. The lowest BCUT2D eigenvalue weighted by molar-refractivity contribution is 0.0729. The highest BCUT2D eigenvalue weighted by Crippen LogP contribution is 2.29. The summed E-state index contributed by atoms with van der Waals surface area (Å²) in [7, 11) is 0. The number of carbonyl (C=O) groups is 1. The second kappa shape index (κ2) is 6.55. The van der Waals surface area contributed by atoms with Crippen LogP contribution in [0.1, 0.15) is 46.0 Å². The molecule has 0 bridgehead atoms. The van der Waals surface area contributed by atoms with Gasteiger partial charge < -0.3 is 14.8 Å². The number of aromatic nitrogens is 3. The molecule has 1 N–H and O–H groups in total. The van der Waals surface area contributed by atoms with Crippen LogP contribution in [0.25, 0.3) is 0 Å². The fourth-order valence-electron chi connectivity index (χ4n) is 3.81. The number of pyridine rings is 1. The van der Waals surface area contributed by atoms with Gasteiger partial charge in [-0.25, -0.2) is 9.97 Å². The molecule has 1 amide bonds. The first-order chi connectivity index (χ1) is 12.5. The van der Waals surface area contributed by atoms with Gasteiger partial charge in [-0.2, -0.15) is 0 Å². The smallest absolute Gasteiger partial charge is 0.260 e. The van der Waals surface area contributed by atoms with Gasteiger partial charge in [0.05, 0.1) is 12.2 Å². The van der Waals surface area contributed by atoms with Crippen molar-refractivity contribution < 1.29 is 4.79 Å². The van der Waals surface area contributed by atoms with E-state index in [9.17, 15) is 9.59 Å². The number of nitrogens with zero attached hydrogens (tertiary/aromatic N) is 4. The zero-order valence-electron chi connectivity index (χ0n) is 15.2. The number of fused-ring (bicyclic) bond motifs is 1. The average molecular weight is 353 g/mol. The van der Waals surface area contributed by atoms with Gasteiger partial charge >= 0.3 is 0 Å². The summed E-state index contributed by atoms with van der Waals surface area (Å²) in [6, 6.07) is 3.36. The van der Waals surface area contributed by atoms with Crippen molar-refractivity contribution >= 4 is 11.7 Å². The fourth-order valence-corrected chi connectivity index (χ4v) is 3.81. The Morgan fingerprint density at radius 1 is 1.12 bits per heavy atom. The first kappa shape index (κ1) is 16.8. The predicted octanol–water partition coefficient (Wildman–Crippen LogP) is 1.58. The second-order valence-corrected chi connectivity index (χ2v) is 7.07. The Kier molecular flexibility index (Phi) is 4.22. The molecule has 2 aromatic heterocycles. The second-order valence-electron chi connectivity index (χ2n) is 7.07. The number of amides is 1. The molecule has 7 heteroatoms. The average Bonchev–Trinajstić information content (AvgIpc) is 3.14. The zero-order chi connectivity index (χ0) is 18.3. The Morgan fingerprint density at radius 3 is 2.62 bits per heavy atom. The fraction of sp³-hybridized carbons (Fsp3) is 0.474. The van der Waals surface area contributed by atoms with Crippen molar-refractivity contribution in [2.45, 2.75) is 39.7 Å². The standard InChI is InChI=1S/C19H23N5O2/c1-12-5-6-15(18(25)20-12)19(26)24-10-7-14-16(11-24)21-13(2)22-17(14)23-8-3-4-9-23/h5-6H,3-4,7-11H2,1-2H3,(H,20,25). The van der Waals surface area contributed by atoms with Gasteiger partial charge in [0, 0.05) is 30.9 Å². The van der Waals surface area contributed by atoms with Crippen molar-refractivity contribution in [3.8, 4) is 0 Å². The van der Waals surface area contributed by atoms with Crippen molar-refractivity contribution in [3.63, 3.8) is 0 Å². The number of nitrogens with one attached hydrogen (secondary N) is 1. The third kappa shape index (κ3) is 2.98. The Bertz CT molecular complexity index is 915. The van der Waals surface area contributed by atoms with Crippen LogP contribution in [0.5, 0.6) is 0 Å². The van der Waals surface area contributed by atoms with E-state index in [1.54, 1.807) is 24.0 Å². The first-order valence-corrected chi connectivity index (χ1v) is 9.13. The van der Waals surface area contributed by atoms with Crippen LogP contribution >= 0.6 is 0 Å². The van der Waals surface area contributed by atoms with Gasteiger partial charge in [0.2, 0.25) is 0 Å². The number of H-pyrrole nitrogens is 1. The molecule has 0 unspecified atom stereocenters. The third-order valence-corrected chi connectivity index (χ3v) is 5.13. The number of anilines is 1. The van der Waals surface area contributed by atoms with Gasteiger partial charge in [0.1, 0.15) is 17.2 Å². The van der Waals surface area contributed by atoms with E-state index in [0.29, 0.717) is 13.1 Å². The van der Waals surface area contributed by atoms with E-state index in [1.165, 1.54) is 12.8 Å². The number of aromatic amines is 1. The van der Waals surface area contributed by atoms with Crippen molar-refractivity contribution in [3.05, 3.63) is 50.8 Å². The molecule has 0 aliphatic carbocycles. The summed E-state index contributed by atoms with van der Waals surface area (Å²) in [5, 5.41) is 0. The molecule has 1 saturated heterocycles. The molecule has 0 atom stereocenters. The van der Waals surface area contributed by atoms with Crippen LogP contribution < -0.4 is 10.5 Å². The van der Waals surface area contributed by atoms with Crippen molar-refractivity contribution in [1.29, 1.82) is 0 Å². The topological polar surface area (TPSA) is 82.2 Å². The minimum atomic E-state index is -0.336. The molecule has 7 nitrogen and oxygen atoms in total. The Labute approximate surface area is 152 Å². The third-order valence-electron chi connectivity index (χ3n) is 5.13. The maximum atomic E-state index is 12.8. The van der Waals surface area contributed by atoms with Gasteiger partial charge in [-0.05, 0) is 45.2 Å². The molecule has 4 heterocycles. The largest absolute Gasteiger partial charge is 0.356 e. The summed E-state index contributed by atoms with van der Waals surface area (Å²) in [6.45, 7) is 6.75. The molecule has 0 aromatic carbocycles. The summed E-state index contributed by atoms with van der Waals surface area (Å²) in [6.07, 6.45) is 3.11. The first-order valence-electron chi connectivity index (χ1n) is 9.13. The van der Waals surface area contributed by atoms with Gasteiger partial charge in [-0.1, -0.05) is 0 Å². The molecule has 2 aliphatic heterocycles. The summed E-state index contributed by atoms with van der Waals surface area (Å²) in [5.74, 6) is 1.52. The summed E-state index contributed by atoms with van der Waals surface area (Å²) < 4.78 is 0. The molecule has 2 aromatic rings. The van der Waals surface area contributed by atoms with E-state index >= 15 is 0 Å². The highest BCUT2D eigenvalue weighted by molar-refractivity contribution is 5.94. The molecule has 0 radical (unpaired) electrons. The number of aryl methyl sites for hydroxylation is 2. The summed E-state index contributed by atoms with van der Waals surface area (Å²) >= 11 is 0. The highest BCUT2D eigenvalue weighted by Gasteiger charge is 2.29. The maximum absolute atomic E-state index is 12.8. The highest BCUT2D eigenvalue weighted by atomic mass is 16.2. The lowest BCUT2D eigenvalue weighted by atomic mass is 10.0. The van der Waals surface area contributed by atoms with Gasteiger partial charge in [0.15, 0.2) is 0 Å². The summed E-state index contributed by atoms with van der Waals surface area (Å²) in [4.78, 5) is 40.9. The van der Waals surface area contributed by atoms with Gasteiger partial charge in [0.25, 0.3) is 11.5 Å². The Balaban J connectivity index is 1.63. The van der Waals surface area contributed by atoms with Crippen LogP contribution in [-0.2, 0) is 13.0 Å². The zero-order valence-corrected chi connectivity index (χ0v) is 15.2. The van der Waals surface area contributed by atoms with Crippen LogP contribution in [0.3, 0.4) is 0 Å². The van der Waals surface area contributed by atoms with E-state index in [2.05, 4.69) is 19.9 Å².